The molecule has 0 atom stereocenters. The maximum atomic E-state index is 2.71. The van der Waals surface area contributed by atoms with Crippen LogP contribution in [0.2, 0.25) is 0 Å². The van der Waals surface area contributed by atoms with Crippen LogP contribution in [0.4, 0.5) is 0 Å². The van der Waals surface area contributed by atoms with Gasteiger partial charge in [-0.15, -0.1) is 0 Å². The average molecular weight is 312 g/mol. The van der Waals surface area contributed by atoms with Gasteiger partial charge in [-0.05, 0) is 73.4 Å². The second kappa shape index (κ2) is 7.63. The van der Waals surface area contributed by atoms with Crippen molar-refractivity contribution in [3.63, 3.8) is 0 Å². The molecule has 132 valence electrons. The maximum Gasteiger partial charge on any atom is 0.0126 e. The molecular formula is C19H41N3. The molecule has 0 aromatic heterocycles. The van der Waals surface area contributed by atoms with Gasteiger partial charge < -0.3 is 4.90 Å². The Morgan fingerprint density at radius 3 is 1.50 bits per heavy atom. The van der Waals surface area contributed by atoms with Crippen molar-refractivity contribution in [2.24, 2.45) is 5.92 Å². The lowest BCUT2D eigenvalue weighted by molar-refractivity contribution is 0.0379. The van der Waals surface area contributed by atoms with Crippen LogP contribution in [0.25, 0.3) is 0 Å². The molecule has 2 rings (SSSR count). The van der Waals surface area contributed by atoms with E-state index in [4.69, 9.17) is 0 Å². The Hall–Kier alpha value is -0.120. The predicted molar refractivity (Wildman–Crippen MR) is 98.5 cm³/mol. The van der Waals surface area contributed by atoms with E-state index in [1.807, 2.05) is 0 Å². The van der Waals surface area contributed by atoms with Crippen LogP contribution in [0.15, 0.2) is 0 Å². The minimum atomic E-state index is 0. The van der Waals surface area contributed by atoms with Crippen LogP contribution in [0, 0.1) is 5.92 Å². The van der Waals surface area contributed by atoms with Gasteiger partial charge in [0.15, 0.2) is 0 Å². The molecule has 0 aromatic rings. The zero-order valence-corrected chi connectivity index (χ0v) is 15.3. The molecule has 0 unspecified atom stereocenters. The molecule has 0 amide bonds. The van der Waals surface area contributed by atoms with Gasteiger partial charge in [-0.1, -0.05) is 7.43 Å². The van der Waals surface area contributed by atoms with Gasteiger partial charge >= 0.3 is 0 Å². The highest BCUT2D eigenvalue weighted by Crippen LogP contribution is 2.25. The van der Waals surface area contributed by atoms with Crippen molar-refractivity contribution in [2.45, 2.75) is 72.9 Å². The average Bonchev–Trinajstić information content (AvgIpc) is 2.38. The molecule has 2 aliphatic rings. The highest BCUT2D eigenvalue weighted by atomic mass is 15.3. The SMILES string of the molecule is C.CC(C)(C)N1CCC(CN2CCN(C(C)(C)C)CC2)CC1. The number of rotatable bonds is 2. The van der Waals surface area contributed by atoms with E-state index in [0.717, 1.165) is 5.92 Å². The van der Waals surface area contributed by atoms with E-state index in [0.29, 0.717) is 11.1 Å². The smallest absolute Gasteiger partial charge is 0.0126 e. The van der Waals surface area contributed by atoms with Gasteiger partial charge in [-0.25, -0.2) is 0 Å². The molecule has 0 radical (unpaired) electrons. The first-order valence-electron chi connectivity index (χ1n) is 8.89. The number of piperidine rings is 1. The van der Waals surface area contributed by atoms with Crippen molar-refractivity contribution in [3.05, 3.63) is 0 Å². The highest BCUT2D eigenvalue weighted by molar-refractivity contribution is 4.85. The van der Waals surface area contributed by atoms with E-state index in [9.17, 15) is 0 Å². The van der Waals surface area contributed by atoms with Crippen LogP contribution in [-0.4, -0.2) is 71.6 Å². The van der Waals surface area contributed by atoms with Crippen molar-refractivity contribution in [1.29, 1.82) is 0 Å². The van der Waals surface area contributed by atoms with Crippen LogP contribution < -0.4 is 0 Å². The minimum absolute atomic E-state index is 0. The van der Waals surface area contributed by atoms with Gasteiger partial charge in [-0.2, -0.15) is 0 Å². The number of hydrogen-bond acceptors (Lipinski definition) is 3. The molecule has 22 heavy (non-hydrogen) atoms. The first-order chi connectivity index (χ1) is 9.66. The Balaban J connectivity index is 0.00000242. The third kappa shape index (κ3) is 5.50. The van der Waals surface area contributed by atoms with E-state index in [1.165, 1.54) is 58.7 Å². The lowest BCUT2D eigenvalue weighted by Crippen LogP contribution is -2.54. The van der Waals surface area contributed by atoms with Gasteiger partial charge in [0.05, 0.1) is 0 Å². The summed E-state index contributed by atoms with van der Waals surface area (Å²) in [5, 5.41) is 0. The second-order valence-electron chi connectivity index (χ2n) is 9.06. The third-order valence-electron chi connectivity index (χ3n) is 5.40. The van der Waals surface area contributed by atoms with Gasteiger partial charge in [0, 0.05) is 43.8 Å². The molecule has 0 aliphatic carbocycles. The van der Waals surface area contributed by atoms with Crippen LogP contribution in [0.5, 0.6) is 0 Å². The Labute approximate surface area is 140 Å². The van der Waals surface area contributed by atoms with Crippen LogP contribution in [-0.2, 0) is 0 Å². The van der Waals surface area contributed by atoms with Crippen molar-refractivity contribution in [2.75, 3.05) is 45.8 Å². The Bertz CT molecular complexity index is 279. The van der Waals surface area contributed by atoms with Crippen molar-refractivity contribution >= 4 is 0 Å². The van der Waals surface area contributed by atoms with Gasteiger partial charge in [-0.3, -0.25) is 9.80 Å². The molecule has 2 saturated heterocycles. The quantitative estimate of drug-likeness (QED) is 0.772. The summed E-state index contributed by atoms with van der Waals surface area (Å²) in [7, 11) is 0. The molecule has 3 nitrogen and oxygen atoms in total. The van der Waals surface area contributed by atoms with E-state index < -0.39 is 0 Å². The predicted octanol–water partition coefficient (Wildman–Crippen LogP) is 3.55. The fourth-order valence-corrected chi connectivity index (χ4v) is 3.75. The van der Waals surface area contributed by atoms with E-state index in [2.05, 4.69) is 56.2 Å². The van der Waals surface area contributed by atoms with E-state index in [-0.39, 0.29) is 7.43 Å². The normalized spacial score (nSPS) is 24.3. The lowest BCUT2D eigenvalue weighted by Gasteiger charge is -2.45. The monoisotopic (exact) mass is 311 g/mol. The lowest BCUT2D eigenvalue weighted by atomic mass is 9.92. The molecular weight excluding hydrogens is 270 g/mol. The van der Waals surface area contributed by atoms with Crippen molar-refractivity contribution in [3.8, 4) is 0 Å². The maximum absolute atomic E-state index is 2.71. The van der Waals surface area contributed by atoms with Crippen molar-refractivity contribution in [1.82, 2.24) is 14.7 Å². The molecule has 0 spiro atoms. The number of nitrogens with zero attached hydrogens (tertiary/aromatic N) is 3. The summed E-state index contributed by atoms with van der Waals surface area (Å²) >= 11 is 0. The standard InChI is InChI=1S/C18H37N3.CH4/c1-17(2,3)20-9-7-16(8-10-20)15-19-11-13-21(14-12-19)18(4,5)6;/h16H,7-15H2,1-6H3;1H4. The Morgan fingerprint density at radius 1 is 0.682 bits per heavy atom. The van der Waals surface area contributed by atoms with Gasteiger partial charge in [0.25, 0.3) is 0 Å². The van der Waals surface area contributed by atoms with Gasteiger partial charge in [0.2, 0.25) is 0 Å². The number of piperazine rings is 1. The molecule has 0 N–H and O–H groups in total. The summed E-state index contributed by atoms with van der Waals surface area (Å²) in [6.07, 6.45) is 2.77. The summed E-state index contributed by atoms with van der Waals surface area (Å²) in [6, 6.07) is 0. The van der Waals surface area contributed by atoms with Crippen LogP contribution in [0.3, 0.4) is 0 Å². The fourth-order valence-electron chi connectivity index (χ4n) is 3.75. The van der Waals surface area contributed by atoms with Crippen LogP contribution in [0.1, 0.15) is 61.8 Å². The number of hydrogen-bond donors (Lipinski definition) is 0. The zero-order chi connectivity index (χ0) is 15.7. The molecule has 3 heteroatoms. The molecule has 2 heterocycles. The molecule has 0 bridgehead atoms. The van der Waals surface area contributed by atoms with Gasteiger partial charge in [0.1, 0.15) is 0 Å². The third-order valence-corrected chi connectivity index (χ3v) is 5.40. The van der Waals surface area contributed by atoms with Crippen molar-refractivity contribution < 1.29 is 0 Å². The highest BCUT2D eigenvalue weighted by Gasteiger charge is 2.30. The summed E-state index contributed by atoms with van der Waals surface area (Å²) in [4.78, 5) is 7.99. The Kier molecular flexibility index (Phi) is 6.91. The minimum Gasteiger partial charge on any atom is -0.301 e. The molecule has 0 aromatic carbocycles. The molecule has 2 fully saturated rings. The fraction of sp³-hybridized carbons (Fsp3) is 1.00. The molecule has 0 saturated carbocycles. The number of likely N-dealkylation sites (tertiary alicyclic amines) is 1. The summed E-state index contributed by atoms with van der Waals surface area (Å²) in [5.41, 5.74) is 0.688. The summed E-state index contributed by atoms with van der Waals surface area (Å²) in [5.74, 6) is 0.921. The first-order valence-corrected chi connectivity index (χ1v) is 8.89. The second-order valence-corrected chi connectivity index (χ2v) is 9.06. The van der Waals surface area contributed by atoms with E-state index >= 15 is 0 Å². The molecule has 2 aliphatic heterocycles. The topological polar surface area (TPSA) is 9.72 Å². The Morgan fingerprint density at radius 2 is 1.09 bits per heavy atom. The first kappa shape index (κ1) is 19.9. The zero-order valence-electron chi connectivity index (χ0n) is 15.3. The van der Waals surface area contributed by atoms with E-state index in [1.54, 1.807) is 0 Å². The van der Waals surface area contributed by atoms with Crippen LogP contribution >= 0.6 is 0 Å². The largest absolute Gasteiger partial charge is 0.301 e. The summed E-state index contributed by atoms with van der Waals surface area (Å²) in [6.45, 7) is 23.0. The summed E-state index contributed by atoms with van der Waals surface area (Å²) < 4.78 is 0.